The highest BCUT2D eigenvalue weighted by atomic mass is 32.2. The fourth-order valence-electron chi connectivity index (χ4n) is 4.15. The Labute approximate surface area is 211 Å². The first kappa shape index (κ1) is 28.6. The topological polar surface area (TPSA) is 142 Å². The van der Waals surface area contributed by atoms with Crippen LogP contribution in [0.15, 0.2) is 30.3 Å². The lowest BCUT2D eigenvalue weighted by atomic mass is 9.96. The molecule has 1 saturated heterocycles. The van der Waals surface area contributed by atoms with Gasteiger partial charge in [-0.1, -0.05) is 50.6 Å². The Hall–Kier alpha value is -2.59. The normalized spacial score (nSPS) is 18.9. The van der Waals surface area contributed by atoms with Gasteiger partial charge in [-0.05, 0) is 42.8 Å². The predicted octanol–water partition coefficient (Wildman–Crippen LogP) is 1.40. The summed E-state index contributed by atoms with van der Waals surface area (Å²) in [6, 6.07) is 5.62. The first-order valence-electron chi connectivity index (χ1n) is 12.1. The molecule has 2 rings (SSSR count). The van der Waals surface area contributed by atoms with Crippen LogP contribution in [0, 0.1) is 5.92 Å². The second-order valence-corrected chi connectivity index (χ2v) is 10.0. The van der Waals surface area contributed by atoms with Gasteiger partial charge in [0.1, 0.15) is 18.1 Å². The molecule has 1 aliphatic rings. The summed E-state index contributed by atoms with van der Waals surface area (Å²) in [6.07, 6.45) is 4.37. The van der Waals surface area contributed by atoms with Crippen LogP contribution in [0.3, 0.4) is 0 Å². The van der Waals surface area contributed by atoms with Crippen LogP contribution in [0.4, 0.5) is 0 Å². The highest BCUT2D eigenvalue weighted by molar-refractivity contribution is 7.98. The van der Waals surface area contributed by atoms with Crippen LogP contribution in [-0.4, -0.2) is 76.4 Å². The Bertz CT molecular complexity index is 869. The zero-order chi connectivity index (χ0) is 26.0. The first-order chi connectivity index (χ1) is 16.7. The first-order valence-corrected chi connectivity index (χ1v) is 13.5. The maximum Gasteiger partial charge on any atom is 0.326 e. The van der Waals surface area contributed by atoms with Crippen molar-refractivity contribution in [3.63, 3.8) is 0 Å². The number of carboxylic acid groups (broad SMARTS) is 1. The lowest BCUT2D eigenvalue weighted by molar-refractivity contribution is -0.143. The Morgan fingerprint density at radius 2 is 1.89 bits per heavy atom. The number of amides is 3. The number of rotatable bonds is 13. The van der Waals surface area contributed by atoms with Crippen LogP contribution < -0.4 is 16.4 Å². The molecule has 35 heavy (non-hydrogen) atoms. The van der Waals surface area contributed by atoms with Gasteiger partial charge in [-0.25, -0.2) is 4.79 Å². The molecular weight excluding hydrogens is 468 g/mol. The van der Waals surface area contributed by atoms with E-state index in [4.69, 9.17) is 5.73 Å². The average molecular weight is 507 g/mol. The molecule has 0 radical (unpaired) electrons. The van der Waals surface area contributed by atoms with Gasteiger partial charge in [0.05, 0.1) is 6.04 Å². The molecule has 3 amide bonds. The van der Waals surface area contributed by atoms with Crippen LogP contribution >= 0.6 is 11.8 Å². The minimum atomic E-state index is -1.15. The van der Waals surface area contributed by atoms with E-state index >= 15 is 0 Å². The number of benzene rings is 1. The van der Waals surface area contributed by atoms with Crippen LogP contribution in [-0.2, 0) is 25.6 Å². The van der Waals surface area contributed by atoms with E-state index in [-0.39, 0.29) is 18.2 Å². The van der Waals surface area contributed by atoms with Crippen molar-refractivity contribution in [1.29, 1.82) is 0 Å². The van der Waals surface area contributed by atoms with Gasteiger partial charge in [0.2, 0.25) is 17.7 Å². The Morgan fingerprint density at radius 1 is 1.20 bits per heavy atom. The lowest BCUT2D eigenvalue weighted by Gasteiger charge is -2.30. The fourth-order valence-corrected chi connectivity index (χ4v) is 4.64. The molecular formula is C25H38N4O5S. The van der Waals surface area contributed by atoms with Crippen molar-refractivity contribution in [3.05, 3.63) is 35.9 Å². The quantitative estimate of drug-likeness (QED) is 0.317. The van der Waals surface area contributed by atoms with Crippen molar-refractivity contribution >= 4 is 35.5 Å². The number of carboxylic acids is 1. The van der Waals surface area contributed by atoms with Gasteiger partial charge in [-0.3, -0.25) is 14.4 Å². The van der Waals surface area contributed by atoms with Crippen LogP contribution in [0.2, 0.25) is 0 Å². The fraction of sp³-hybridized carbons (Fsp3) is 0.600. The van der Waals surface area contributed by atoms with E-state index in [1.807, 2.05) is 26.2 Å². The van der Waals surface area contributed by atoms with E-state index in [9.17, 15) is 24.3 Å². The number of nitrogens with one attached hydrogen (secondary N) is 2. The van der Waals surface area contributed by atoms with Crippen molar-refractivity contribution in [2.75, 3.05) is 18.6 Å². The van der Waals surface area contributed by atoms with Gasteiger partial charge < -0.3 is 26.4 Å². The maximum absolute atomic E-state index is 13.2. The Balaban J connectivity index is 2.10. The number of carbonyl (C=O) groups excluding carboxylic acids is 3. The molecule has 5 unspecified atom stereocenters. The largest absolute Gasteiger partial charge is 0.480 e. The van der Waals surface area contributed by atoms with Gasteiger partial charge in [-0.15, -0.1) is 0 Å². The highest BCUT2D eigenvalue weighted by Gasteiger charge is 2.38. The third-order valence-corrected chi connectivity index (χ3v) is 7.12. The zero-order valence-electron chi connectivity index (χ0n) is 20.7. The molecule has 0 bridgehead atoms. The molecule has 1 aliphatic heterocycles. The van der Waals surface area contributed by atoms with Gasteiger partial charge >= 0.3 is 5.97 Å². The van der Waals surface area contributed by atoms with Crippen molar-refractivity contribution in [3.8, 4) is 0 Å². The number of hydrogen-bond donors (Lipinski definition) is 4. The van der Waals surface area contributed by atoms with Crippen molar-refractivity contribution in [1.82, 2.24) is 15.5 Å². The number of hydrogen-bond acceptors (Lipinski definition) is 6. The third-order valence-electron chi connectivity index (χ3n) is 6.48. The lowest BCUT2D eigenvalue weighted by Crippen LogP contribution is -2.58. The maximum atomic E-state index is 13.2. The van der Waals surface area contributed by atoms with E-state index in [2.05, 4.69) is 10.6 Å². The smallest absolute Gasteiger partial charge is 0.326 e. The summed E-state index contributed by atoms with van der Waals surface area (Å²) in [4.78, 5) is 52.5. The molecule has 194 valence electrons. The van der Waals surface area contributed by atoms with Crippen molar-refractivity contribution in [2.45, 2.75) is 70.1 Å². The van der Waals surface area contributed by atoms with Gasteiger partial charge in [0, 0.05) is 13.0 Å². The zero-order valence-corrected chi connectivity index (χ0v) is 21.6. The standard InChI is InChI=1S/C25H38N4O5S/c1-4-16(2)21(23(31)27-19(25(33)34)15-17-9-6-5-7-10-17)28-22(30)20-11-8-13-29(20)24(32)18(26)12-14-35-3/h5-7,9-10,16,18-21H,4,8,11-15,26H2,1-3H3,(H,27,31)(H,28,30)(H,33,34). The Morgan fingerprint density at radius 3 is 2.49 bits per heavy atom. The summed E-state index contributed by atoms with van der Waals surface area (Å²) in [5.41, 5.74) is 6.84. The van der Waals surface area contributed by atoms with Gasteiger partial charge in [-0.2, -0.15) is 11.8 Å². The summed E-state index contributed by atoms with van der Waals surface area (Å²) in [7, 11) is 0. The summed E-state index contributed by atoms with van der Waals surface area (Å²) in [6.45, 7) is 4.17. The molecule has 5 atom stereocenters. The summed E-state index contributed by atoms with van der Waals surface area (Å²) in [5.74, 6) is -1.86. The number of thioether (sulfide) groups is 1. The molecule has 9 nitrogen and oxygen atoms in total. The minimum Gasteiger partial charge on any atom is -0.480 e. The van der Waals surface area contributed by atoms with Gasteiger partial charge in [0.15, 0.2) is 0 Å². The minimum absolute atomic E-state index is 0.127. The predicted molar refractivity (Wildman–Crippen MR) is 137 cm³/mol. The number of carbonyl (C=O) groups is 4. The molecule has 1 aromatic carbocycles. The van der Waals surface area contributed by atoms with E-state index < -0.39 is 42.0 Å². The summed E-state index contributed by atoms with van der Waals surface area (Å²) >= 11 is 1.61. The van der Waals surface area contributed by atoms with E-state index in [0.717, 1.165) is 11.3 Å². The van der Waals surface area contributed by atoms with Gasteiger partial charge in [0.25, 0.3) is 0 Å². The number of nitrogens with zero attached hydrogens (tertiary/aromatic N) is 1. The third kappa shape index (κ3) is 8.24. The molecule has 10 heteroatoms. The SMILES string of the molecule is CCC(C)C(NC(=O)C1CCCN1C(=O)C(N)CCSC)C(=O)NC(Cc1ccccc1)C(=O)O. The van der Waals surface area contributed by atoms with Crippen LogP contribution in [0.5, 0.6) is 0 Å². The second kappa shape index (κ2) is 14.1. The number of aliphatic carboxylic acids is 1. The molecule has 0 saturated carbocycles. The van der Waals surface area contributed by atoms with Crippen molar-refractivity contribution in [2.24, 2.45) is 11.7 Å². The monoisotopic (exact) mass is 506 g/mol. The van der Waals surface area contributed by atoms with Crippen LogP contribution in [0.25, 0.3) is 0 Å². The van der Waals surface area contributed by atoms with Crippen LogP contribution in [0.1, 0.15) is 45.1 Å². The van der Waals surface area contributed by atoms with E-state index in [0.29, 0.717) is 32.2 Å². The molecule has 1 heterocycles. The Kier molecular flexibility index (Phi) is 11.5. The molecule has 0 spiro atoms. The van der Waals surface area contributed by atoms with E-state index in [1.165, 1.54) is 4.90 Å². The molecule has 1 fully saturated rings. The molecule has 5 N–H and O–H groups in total. The van der Waals surface area contributed by atoms with E-state index in [1.54, 1.807) is 36.0 Å². The number of nitrogens with two attached hydrogens (primary N) is 1. The molecule has 0 aromatic heterocycles. The van der Waals surface area contributed by atoms with Crippen molar-refractivity contribution < 1.29 is 24.3 Å². The molecule has 0 aliphatic carbocycles. The highest BCUT2D eigenvalue weighted by Crippen LogP contribution is 2.20. The average Bonchev–Trinajstić information content (AvgIpc) is 3.34. The second-order valence-electron chi connectivity index (χ2n) is 9.04. The summed E-state index contributed by atoms with van der Waals surface area (Å²) < 4.78 is 0. The molecule has 1 aromatic rings. The summed E-state index contributed by atoms with van der Waals surface area (Å²) in [5, 5.41) is 15.1. The number of likely N-dealkylation sites (tertiary alicyclic amines) is 1.